The van der Waals surface area contributed by atoms with Gasteiger partial charge >= 0.3 is 5.97 Å². The van der Waals surface area contributed by atoms with Crippen LogP contribution in [0.2, 0.25) is 0 Å². The normalized spacial score (nSPS) is 15.4. The van der Waals surface area contributed by atoms with Crippen molar-refractivity contribution in [2.45, 2.75) is 19.4 Å². The zero-order valence-corrected chi connectivity index (χ0v) is 16.1. The average molecular weight is 386 g/mol. The first-order valence-electron chi connectivity index (χ1n) is 8.63. The molecule has 6 nitrogen and oxygen atoms in total. The van der Waals surface area contributed by atoms with Crippen LogP contribution in [0.4, 0.5) is 0 Å². The molecule has 1 aliphatic carbocycles. The fourth-order valence-electron chi connectivity index (χ4n) is 2.62. The van der Waals surface area contributed by atoms with Crippen LogP contribution in [-0.4, -0.2) is 26.6 Å². The molecule has 0 unspecified atom stereocenters. The number of allylic oxidation sites excluding steroid dienone is 1. The predicted molar refractivity (Wildman–Crippen MR) is 110 cm³/mol. The molecular weight excluding hydrogens is 364 g/mol. The van der Waals surface area contributed by atoms with Crippen molar-refractivity contribution in [2.24, 2.45) is 16.6 Å². The molecule has 1 aromatic heterocycles. The molecule has 0 aliphatic heterocycles. The van der Waals surface area contributed by atoms with Gasteiger partial charge in [0.2, 0.25) is 0 Å². The Morgan fingerprint density at radius 3 is 2.89 bits per heavy atom. The van der Waals surface area contributed by atoms with Gasteiger partial charge in [0.05, 0.1) is 13.7 Å². The first-order valence-corrected chi connectivity index (χ1v) is 9.01. The first kappa shape index (κ1) is 19.1. The number of esters is 1. The summed E-state index contributed by atoms with van der Waals surface area (Å²) in [5.41, 5.74) is 8.52. The van der Waals surface area contributed by atoms with Crippen molar-refractivity contribution in [3.63, 3.8) is 0 Å². The Hall–Kier alpha value is -2.67. The van der Waals surface area contributed by atoms with Crippen LogP contribution in [0.3, 0.4) is 0 Å². The maximum atomic E-state index is 12.0. The van der Waals surface area contributed by atoms with E-state index in [4.69, 9.17) is 26.5 Å². The molecule has 0 amide bonds. The van der Waals surface area contributed by atoms with Crippen LogP contribution in [0.15, 0.2) is 56.8 Å². The molecule has 0 bridgehead atoms. The van der Waals surface area contributed by atoms with E-state index in [2.05, 4.69) is 16.9 Å². The van der Waals surface area contributed by atoms with E-state index in [0.29, 0.717) is 23.9 Å². The summed E-state index contributed by atoms with van der Waals surface area (Å²) in [6.07, 6.45) is 2.02. The van der Waals surface area contributed by atoms with Crippen molar-refractivity contribution < 1.29 is 13.9 Å². The van der Waals surface area contributed by atoms with Gasteiger partial charge in [0, 0.05) is 17.0 Å². The Labute approximate surface area is 163 Å². The maximum absolute atomic E-state index is 12.0. The van der Waals surface area contributed by atoms with E-state index in [9.17, 15) is 4.79 Å². The van der Waals surface area contributed by atoms with Crippen molar-refractivity contribution in [3.05, 3.63) is 53.2 Å². The molecule has 140 valence electrons. The van der Waals surface area contributed by atoms with Gasteiger partial charge in [-0.05, 0) is 25.0 Å². The number of carbonyl (C=O) groups excluding carboxylic acids is 1. The molecular formula is C19H21BClN3O3. The van der Waals surface area contributed by atoms with Crippen molar-refractivity contribution in [2.75, 3.05) is 7.11 Å². The number of rotatable bonds is 7. The van der Waals surface area contributed by atoms with Crippen LogP contribution in [-0.2, 0) is 16.1 Å². The van der Waals surface area contributed by atoms with Gasteiger partial charge in [-0.25, -0.2) is 9.79 Å². The summed E-state index contributed by atoms with van der Waals surface area (Å²) in [7, 11) is 3.29. The number of halogens is 1. The van der Waals surface area contributed by atoms with Gasteiger partial charge in [-0.2, -0.15) is 0 Å². The molecule has 0 radical (unpaired) electrons. The summed E-state index contributed by atoms with van der Waals surface area (Å²) >= 11 is 6.29. The van der Waals surface area contributed by atoms with Gasteiger partial charge in [0.1, 0.15) is 30.0 Å². The SMILES string of the molecule is Bc1ccc2oc(CN/C(N)=C(Cl)/C(=N\C(=C)C3CC3)C(=O)OC)cc2c1. The number of ether oxygens (including phenoxy) is 1. The molecule has 1 aliphatic rings. The van der Waals surface area contributed by atoms with Gasteiger partial charge in [-0.1, -0.05) is 35.8 Å². The third-order valence-electron chi connectivity index (χ3n) is 4.30. The van der Waals surface area contributed by atoms with E-state index in [1.54, 1.807) is 0 Å². The number of hydrogen-bond acceptors (Lipinski definition) is 6. The molecule has 0 saturated heterocycles. The van der Waals surface area contributed by atoms with Crippen molar-refractivity contribution >= 4 is 47.6 Å². The summed E-state index contributed by atoms with van der Waals surface area (Å²) < 4.78 is 10.5. The van der Waals surface area contributed by atoms with E-state index in [0.717, 1.165) is 29.3 Å². The fourth-order valence-corrected chi connectivity index (χ4v) is 2.81. The minimum Gasteiger partial charge on any atom is -0.464 e. The standard InChI is InChI=1S/C19H21BClN3O3/c1-10(11-3-4-11)24-17(19(25)26-2)16(21)18(22)23-9-14-8-12-7-13(20)5-6-15(12)27-14/h5-8,11,23H,1,3-4,9,20,22H2,2H3/b18-16-,24-17+. The highest BCUT2D eigenvalue weighted by atomic mass is 35.5. The van der Waals surface area contributed by atoms with Gasteiger partial charge in [-0.3, -0.25) is 0 Å². The molecule has 0 atom stereocenters. The van der Waals surface area contributed by atoms with Crippen LogP contribution in [0.25, 0.3) is 11.0 Å². The molecule has 1 saturated carbocycles. The molecule has 2 aromatic rings. The molecule has 27 heavy (non-hydrogen) atoms. The van der Waals surface area contributed by atoms with Gasteiger partial charge < -0.3 is 20.2 Å². The Morgan fingerprint density at radius 2 is 2.22 bits per heavy atom. The number of nitrogens with two attached hydrogens (primary N) is 1. The lowest BCUT2D eigenvalue weighted by Gasteiger charge is -2.10. The van der Waals surface area contributed by atoms with Crippen molar-refractivity contribution in [1.82, 2.24) is 5.32 Å². The molecule has 0 spiro atoms. The molecule has 1 aromatic carbocycles. The number of fused-ring (bicyclic) bond motifs is 1. The number of benzene rings is 1. The van der Waals surface area contributed by atoms with Crippen molar-refractivity contribution in [1.29, 1.82) is 0 Å². The van der Waals surface area contributed by atoms with E-state index in [1.165, 1.54) is 7.11 Å². The van der Waals surface area contributed by atoms with Crippen molar-refractivity contribution in [3.8, 4) is 0 Å². The average Bonchev–Trinajstić information content (AvgIpc) is 3.43. The fraction of sp³-hybridized carbons (Fsp3) is 0.263. The molecule has 1 fully saturated rings. The zero-order valence-electron chi connectivity index (χ0n) is 15.3. The largest absolute Gasteiger partial charge is 0.464 e. The van der Waals surface area contributed by atoms with E-state index in [-0.39, 0.29) is 16.6 Å². The van der Waals surface area contributed by atoms with Gasteiger partial charge in [0.25, 0.3) is 0 Å². The number of nitrogens with zero attached hydrogens (tertiary/aromatic N) is 1. The molecule has 3 rings (SSSR count). The lowest BCUT2D eigenvalue weighted by atomic mass is 9.95. The Balaban J connectivity index is 1.77. The quantitative estimate of drug-likeness (QED) is 0.430. The highest BCUT2D eigenvalue weighted by Crippen LogP contribution is 2.36. The minimum absolute atomic E-state index is 0.00407. The zero-order chi connectivity index (χ0) is 19.6. The molecule has 1 heterocycles. The van der Waals surface area contributed by atoms with Crippen LogP contribution >= 0.6 is 11.6 Å². The Morgan fingerprint density at radius 1 is 1.48 bits per heavy atom. The molecule has 8 heteroatoms. The number of furan rings is 1. The van der Waals surface area contributed by atoms with Crippen LogP contribution < -0.4 is 16.5 Å². The smallest absolute Gasteiger partial charge is 0.358 e. The monoisotopic (exact) mass is 385 g/mol. The maximum Gasteiger partial charge on any atom is 0.358 e. The summed E-state index contributed by atoms with van der Waals surface area (Å²) in [4.78, 5) is 16.3. The summed E-state index contributed by atoms with van der Waals surface area (Å²) in [5, 5.41) is 3.97. The summed E-state index contributed by atoms with van der Waals surface area (Å²) in [6.45, 7) is 4.20. The number of carbonyl (C=O) groups is 1. The third kappa shape index (κ3) is 4.55. The summed E-state index contributed by atoms with van der Waals surface area (Å²) in [6, 6.07) is 7.88. The topological polar surface area (TPSA) is 89.9 Å². The lowest BCUT2D eigenvalue weighted by Crippen LogP contribution is -2.26. The van der Waals surface area contributed by atoms with E-state index < -0.39 is 5.97 Å². The van der Waals surface area contributed by atoms with Crippen LogP contribution in [0.5, 0.6) is 0 Å². The molecule has 3 N–H and O–H groups in total. The van der Waals surface area contributed by atoms with E-state index in [1.807, 2.05) is 32.1 Å². The van der Waals surface area contributed by atoms with Gasteiger partial charge in [-0.15, -0.1) is 0 Å². The first-order chi connectivity index (χ1) is 12.9. The Kier molecular flexibility index (Phi) is 5.61. The number of aliphatic imine (C=N–C) groups is 1. The van der Waals surface area contributed by atoms with E-state index >= 15 is 0 Å². The van der Waals surface area contributed by atoms with Gasteiger partial charge in [0.15, 0.2) is 5.71 Å². The van der Waals surface area contributed by atoms with Crippen LogP contribution in [0.1, 0.15) is 18.6 Å². The second kappa shape index (κ2) is 7.92. The number of nitrogens with one attached hydrogen (secondary N) is 1. The summed E-state index contributed by atoms with van der Waals surface area (Å²) in [5.74, 6) is 0.441. The highest BCUT2D eigenvalue weighted by molar-refractivity contribution is 6.58. The number of hydrogen-bond donors (Lipinski definition) is 2. The second-order valence-corrected chi connectivity index (χ2v) is 6.93. The van der Waals surface area contributed by atoms with Crippen LogP contribution in [0, 0.1) is 5.92 Å². The second-order valence-electron chi connectivity index (χ2n) is 6.55. The minimum atomic E-state index is -0.661. The lowest BCUT2D eigenvalue weighted by molar-refractivity contribution is -0.132. The Bertz CT molecular complexity index is 960. The number of methoxy groups -OCH3 is 1. The highest BCUT2D eigenvalue weighted by Gasteiger charge is 2.27. The predicted octanol–water partition coefficient (Wildman–Crippen LogP) is 1.69. The third-order valence-corrected chi connectivity index (χ3v) is 4.69.